The van der Waals surface area contributed by atoms with E-state index < -0.39 is 17.4 Å². The molecule has 0 fully saturated rings. The number of benzene rings is 1. The zero-order valence-corrected chi connectivity index (χ0v) is 9.97. The Morgan fingerprint density at radius 1 is 1.24 bits per heavy atom. The van der Waals surface area contributed by atoms with Crippen LogP contribution in [0.3, 0.4) is 0 Å². The average molecular weight is 245 g/mol. The summed E-state index contributed by atoms with van der Waals surface area (Å²) in [6.45, 7) is 3.62. The Bertz CT molecular complexity index is 391. The van der Waals surface area contributed by atoms with E-state index in [-0.39, 0.29) is 11.6 Å². The number of hydrogen-bond acceptors (Lipinski definition) is 2. The van der Waals surface area contributed by atoms with Crippen LogP contribution in [0.5, 0.6) is 0 Å². The van der Waals surface area contributed by atoms with Gasteiger partial charge in [-0.2, -0.15) is 13.2 Å². The zero-order chi connectivity index (χ0) is 13.3. The van der Waals surface area contributed by atoms with Crippen LogP contribution >= 0.6 is 0 Å². The molecule has 0 saturated carbocycles. The third-order valence-corrected chi connectivity index (χ3v) is 2.32. The summed E-state index contributed by atoms with van der Waals surface area (Å²) in [4.78, 5) is 0. The van der Waals surface area contributed by atoms with E-state index in [1.807, 2.05) is 13.8 Å². The number of nitrogens with one attached hydrogen (secondary N) is 1. The van der Waals surface area contributed by atoms with Gasteiger partial charge in [-0.25, -0.2) is 0 Å². The van der Waals surface area contributed by atoms with E-state index in [1.165, 1.54) is 20.0 Å². The molecular weight excluding hydrogens is 230 g/mol. The van der Waals surface area contributed by atoms with Gasteiger partial charge in [0.05, 0.1) is 5.56 Å². The molecule has 0 aliphatic carbocycles. The lowest BCUT2D eigenvalue weighted by Gasteiger charge is -2.28. The summed E-state index contributed by atoms with van der Waals surface area (Å²) in [5.41, 5.74) is -2.04. The highest BCUT2D eigenvalue weighted by Crippen LogP contribution is 2.31. The molecule has 17 heavy (non-hydrogen) atoms. The van der Waals surface area contributed by atoms with E-state index in [0.717, 1.165) is 12.1 Å². The van der Waals surface area contributed by atoms with Gasteiger partial charge in [0, 0.05) is 6.04 Å². The molecular formula is C11H15BF3NO. The van der Waals surface area contributed by atoms with E-state index >= 15 is 0 Å². The molecule has 2 nitrogen and oxygen atoms in total. The normalized spacial score (nSPS) is 15.9. The van der Waals surface area contributed by atoms with Crippen molar-refractivity contribution in [3.05, 3.63) is 35.4 Å². The van der Waals surface area contributed by atoms with Crippen molar-refractivity contribution in [2.45, 2.75) is 31.7 Å². The summed E-state index contributed by atoms with van der Waals surface area (Å²) in [7, 11) is 1.43. The first-order valence-corrected chi connectivity index (χ1v) is 5.31. The van der Waals surface area contributed by atoms with Crippen LogP contribution in [0.25, 0.3) is 0 Å². The lowest BCUT2D eigenvalue weighted by Crippen LogP contribution is -2.46. The van der Waals surface area contributed by atoms with Crippen molar-refractivity contribution in [3.8, 4) is 0 Å². The fraction of sp³-hybridized carbons (Fsp3) is 0.455. The molecule has 0 spiro atoms. The minimum absolute atomic E-state index is 0.0421. The van der Waals surface area contributed by atoms with E-state index in [1.54, 1.807) is 0 Å². The number of halogens is 3. The van der Waals surface area contributed by atoms with Gasteiger partial charge in [0.1, 0.15) is 5.62 Å². The van der Waals surface area contributed by atoms with Crippen molar-refractivity contribution in [2.75, 3.05) is 0 Å². The molecule has 1 atom stereocenters. The Balaban J connectivity index is 3.07. The van der Waals surface area contributed by atoms with Gasteiger partial charge in [0.25, 0.3) is 0 Å². The second-order valence-electron chi connectivity index (χ2n) is 4.45. The number of rotatable bonds is 3. The molecule has 1 rings (SSSR count). The van der Waals surface area contributed by atoms with Gasteiger partial charge in [0.15, 0.2) is 7.85 Å². The van der Waals surface area contributed by atoms with Gasteiger partial charge in [-0.3, -0.25) is 5.32 Å². The second kappa shape index (κ2) is 4.70. The molecule has 1 aromatic carbocycles. The van der Waals surface area contributed by atoms with Crippen molar-refractivity contribution in [2.24, 2.45) is 0 Å². The third kappa shape index (κ3) is 3.75. The highest BCUT2D eigenvalue weighted by atomic mass is 19.4. The summed E-state index contributed by atoms with van der Waals surface area (Å²) in [5, 5.41) is 12.9. The van der Waals surface area contributed by atoms with E-state index in [2.05, 4.69) is 5.32 Å². The van der Waals surface area contributed by atoms with Crippen LogP contribution in [0.1, 0.15) is 25.0 Å². The first-order valence-electron chi connectivity index (χ1n) is 5.31. The predicted octanol–water partition coefficient (Wildman–Crippen LogP) is 1.44. The van der Waals surface area contributed by atoms with Crippen LogP contribution in [0.4, 0.5) is 13.2 Å². The average Bonchev–Trinajstić information content (AvgIpc) is 2.14. The molecule has 6 heteroatoms. The van der Waals surface area contributed by atoms with E-state index in [0.29, 0.717) is 0 Å². The van der Waals surface area contributed by atoms with Gasteiger partial charge >= 0.3 is 6.18 Å². The topological polar surface area (TPSA) is 32.3 Å². The highest BCUT2D eigenvalue weighted by Gasteiger charge is 2.32. The first-order chi connectivity index (χ1) is 7.63. The molecule has 94 valence electrons. The van der Waals surface area contributed by atoms with Gasteiger partial charge in [-0.1, -0.05) is 12.1 Å². The van der Waals surface area contributed by atoms with Gasteiger partial charge in [0.2, 0.25) is 0 Å². The Hall–Kier alpha value is -1.01. The summed E-state index contributed by atoms with van der Waals surface area (Å²) < 4.78 is 37.5. The van der Waals surface area contributed by atoms with Crippen molar-refractivity contribution in [1.82, 2.24) is 5.32 Å². The molecule has 0 radical (unpaired) electrons. The lowest BCUT2D eigenvalue weighted by atomic mass is 9.82. The van der Waals surface area contributed by atoms with Crippen molar-refractivity contribution >= 4 is 7.85 Å². The SMILES string of the molecule is BC(O)(NC(C)C)c1cccc(C(F)(F)F)c1. The van der Waals surface area contributed by atoms with Crippen LogP contribution in [-0.4, -0.2) is 19.0 Å². The number of hydrogen-bond donors (Lipinski definition) is 2. The van der Waals surface area contributed by atoms with Crippen molar-refractivity contribution in [1.29, 1.82) is 0 Å². The molecule has 0 saturated heterocycles. The Morgan fingerprint density at radius 2 is 1.76 bits per heavy atom. The minimum atomic E-state index is -4.40. The largest absolute Gasteiger partial charge is 0.416 e. The predicted molar refractivity (Wildman–Crippen MR) is 62.2 cm³/mol. The van der Waals surface area contributed by atoms with Gasteiger partial charge in [-0.05, 0) is 31.5 Å². The zero-order valence-electron chi connectivity index (χ0n) is 9.97. The smallest absolute Gasteiger partial charge is 0.380 e. The van der Waals surface area contributed by atoms with Crippen LogP contribution in [0.2, 0.25) is 0 Å². The molecule has 0 heterocycles. The van der Waals surface area contributed by atoms with Crippen LogP contribution in [0.15, 0.2) is 24.3 Å². The van der Waals surface area contributed by atoms with Crippen LogP contribution < -0.4 is 5.32 Å². The molecule has 0 aliphatic heterocycles. The Labute approximate surface area is 99.2 Å². The quantitative estimate of drug-likeness (QED) is 0.623. The standard InChI is InChI=1S/C11H15BF3NO/c1-7(2)16-10(12,17)8-4-3-5-9(6-8)11(13,14)15/h3-7,16-17H,12H2,1-2H3. The monoisotopic (exact) mass is 245 g/mol. The summed E-state index contributed by atoms with van der Waals surface area (Å²) in [6.07, 6.45) is -4.40. The maximum Gasteiger partial charge on any atom is 0.416 e. The molecule has 0 amide bonds. The van der Waals surface area contributed by atoms with E-state index in [9.17, 15) is 18.3 Å². The summed E-state index contributed by atoms with van der Waals surface area (Å²) in [6, 6.07) is 4.64. The van der Waals surface area contributed by atoms with Crippen LogP contribution in [-0.2, 0) is 11.8 Å². The fourth-order valence-electron chi connectivity index (χ4n) is 1.64. The van der Waals surface area contributed by atoms with Crippen LogP contribution in [0, 0.1) is 0 Å². The maximum absolute atomic E-state index is 12.5. The highest BCUT2D eigenvalue weighted by molar-refractivity contribution is 6.14. The first kappa shape index (κ1) is 14.1. The maximum atomic E-state index is 12.5. The number of alkyl halides is 3. The third-order valence-electron chi connectivity index (χ3n) is 2.32. The summed E-state index contributed by atoms with van der Waals surface area (Å²) in [5.74, 6) is 0. The Morgan fingerprint density at radius 3 is 2.24 bits per heavy atom. The fourth-order valence-corrected chi connectivity index (χ4v) is 1.64. The molecule has 1 unspecified atom stereocenters. The minimum Gasteiger partial charge on any atom is -0.380 e. The molecule has 1 aromatic rings. The van der Waals surface area contributed by atoms with Gasteiger partial charge in [-0.15, -0.1) is 0 Å². The van der Waals surface area contributed by atoms with Crippen molar-refractivity contribution < 1.29 is 18.3 Å². The van der Waals surface area contributed by atoms with E-state index in [4.69, 9.17) is 0 Å². The molecule has 0 aromatic heterocycles. The van der Waals surface area contributed by atoms with Crippen molar-refractivity contribution in [3.63, 3.8) is 0 Å². The second-order valence-corrected chi connectivity index (χ2v) is 4.45. The molecule has 0 bridgehead atoms. The summed E-state index contributed by atoms with van der Waals surface area (Å²) >= 11 is 0. The molecule has 2 N–H and O–H groups in total. The molecule has 0 aliphatic rings. The number of aliphatic hydroxyl groups is 1. The Kier molecular flexibility index (Phi) is 3.89. The van der Waals surface area contributed by atoms with Gasteiger partial charge < -0.3 is 5.11 Å². The lowest BCUT2D eigenvalue weighted by molar-refractivity contribution is -0.137.